The maximum absolute atomic E-state index is 4.47. The summed E-state index contributed by atoms with van der Waals surface area (Å²) in [5.74, 6) is 1.06. The van der Waals surface area contributed by atoms with Gasteiger partial charge in [-0.15, -0.1) is 0 Å². The van der Waals surface area contributed by atoms with Crippen LogP contribution >= 0.6 is 0 Å². The number of likely N-dealkylation sites (N-methyl/N-ethyl adjacent to an activating group) is 1. The van der Waals surface area contributed by atoms with E-state index in [1.807, 2.05) is 7.05 Å². The first kappa shape index (κ1) is 15.6. The molecule has 2 aliphatic rings. The fourth-order valence-corrected chi connectivity index (χ4v) is 3.05. The lowest BCUT2D eigenvalue weighted by Gasteiger charge is -2.62. The topological polar surface area (TPSA) is 30.9 Å². The zero-order valence-corrected chi connectivity index (χ0v) is 14.2. The molecule has 0 amide bonds. The van der Waals surface area contributed by atoms with Gasteiger partial charge in [0, 0.05) is 43.7 Å². The fourth-order valence-electron chi connectivity index (χ4n) is 3.05. The van der Waals surface area contributed by atoms with Crippen molar-refractivity contribution in [3.63, 3.8) is 0 Å². The van der Waals surface area contributed by atoms with Crippen LogP contribution in [0.2, 0.25) is 0 Å². The van der Waals surface area contributed by atoms with Crippen molar-refractivity contribution in [3.8, 4) is 0 Å². The van der Waals surface area contributed by atoms with Crippen LogP contribution in [-0.4, -0.2) is 60.6 Å². The van der Waals surface area contributed by atoms with Gasteiger partial charge >= 0.3 is 0 Å². The Balaban J connectivity index is 1.82. The van der Waals surface area contributed by atoms with Crippen LogP contribution in [0.4, 0.5) is 0 Å². The molecule has 0 aromatic heterocycles. The Morgan fingerprint density at radius 2 is 1.95 bits per heavy atom. The second kappa shape index (κ2) is 5.55. The molecule has 0 atom stereocenters. The summed E-state index contributed by atoms with van der Waals surface area (Å²) in [5.41, 5.74) is 0.532. The zero-order valence-electron chi connectivity index (χ0n) is 14.2. The van der Waals surface area contributed by atoms with Gasteiger partial charge in [0.1, 0.15) is 0 Å². The molecule has 1 heterocycles. The summed E-state index contributed by atoms with van der Waals surface area (Å²) in [6, 6.07) is 0.850. The number of aliphatic imine (C=N–C) groups is 1. The van der Waals surface area contributed by atoms with Gasteiger partial charge in [0.2, 0.25) is 0 Å². The highest BCUT2D eigenvalue weighted by Gasteiger charge is 2.53. The zero-order chi connectivity index (χ0) is 15.0. The number of hydrogen-bond acceptors (Lipinski definition) is 2. The highest BCUT2D eigenvalue weighted by Crippen LogP contribution is 2.46. The Hall–Kier alpha value is -0.770. The molecule has 116 valence electrons. The standard InChI is InChI=1S/C16H32N4/c1-7-19(13-8-9-13)11-10-18-14(17-6)20-12-15(2,3)16(20,4)5/h13H,7-12H2,1-6H3,(H,17,18). The Kier molecular flexibility index (Phi) is 4.33. The van der Waals surface area contributed by atoms with Crippen molar-refractivity contribution in [2.75, 3.05) is 33.2 Å². The molecule has 0 radical (unpaired) electrons. The molecule has 20 heavy (non-hydrogen) atoms. The van der Waals surface area contributed by atoms with Crippen molar-refractivity contribution in [3.05, 3.63) is 0 Å². The van der Waals surface area contributed by atoms with Crippen LogP contribution in [0.1, 0.15) is 47.5 Å². The van der Waals surface area contributed by atoms with Crippen molar-refractivity contribution in [2.45, 2.75) is 59.0 Å². The van der Waals surface area contributed by atoms with Crippen molar-refractivity contribution in [1.29, 1.82) is 0 Å². The van der Waals surface area contributed by atoms with Crippen LogP contribution in [0.15, 0.2) is 4.99 Å². The third kappa shape index (κ3) is 2.80. The van der Waals surface area contributed by atoms with E-state index < -0.39 is 0 Å². The van der Waals surface area contributed by atoms with E-state index in [9.17, 15) is 0 Å². The monoisotopic (exact) mass is 280 g/mol. The average molecular weight is 280 g/mol. The average Bonchev–Trinajstić information content (AvgIpc) is 3.21. The highest BCUT2D eigenvalue weighted by atomic mass is 15.4. The number of likely N-dealkylation sites (tertiary alicyclic amines) is 1. The molecule has 1 saturated heterocycles. The van der Waals surface area contributed by atoms with Crippen LogP contribution in [0.5, 0.6) is 0 Å². The first-order valence-electron chi connectivity index (χ1n) is 8.06. The molecule has 0 bridgehead atoms. The van der Waals surface area contributed by atoms with Gasteiger partial charge in [-0.3, -0.25) is 9.89 Å². The number of guanidine groups is 1. The molecule has 0 aromatic rings. The molecule has 0 spiro atoms. The lowest BCUT2D eigenvalue weighted by Crippen LogP contribution is -2.72. The summed E-state index contributed by atoms with van der Waals surface area (Å²) in [6.07, 6.45) is 2.77. The third-order valence-corrected chi connectivity index (χ3v) is 5.50. The first-order chi connectivity index (χ1) is 9.33. The van der Waals surface area contributed by atoms with E-state index in [4.69, 9.17) is 0 Å². The molecule has 2 rings (SSSR count). The molecule has 0 unspecified atom stereocenters. The van der Waals surface area contributed by atoms with Gasteiger partial charge < -0.3 is 10.2 Å². The first-order valence-corrected chi connectivity index (χ1v) is 8.06. The number of nitrogens with zero attached hydrogens (tertiary/aromatic N) is 3. The summed E-state index contributed by atoms with van der Waals surface area (Å²) in [5, 5.41) is 3.55. The Labute approximate surface area is 124 Å². The minimum atomic E-state index is 0.176. The molecular formula is C16H32N4. The Morgan fingerprint density at radius 1 is 1.30 bits per heavy atom. The van der Waals surface area contributed by atoms with E-state index in [1.54, 1.807) is 0 Å². The van der Waals surface area contributed by atoms with Crippen molar-refractivity contribution in [1.82, 2.24) is 15.1 Å². The summed E-state index contributed by atoms with van der Waals surface area (Å²) < 4.78 is 0. The van der Waals surface area contributed by atoms with Crippen LogP contribution in [-0.2, 0) is 0 Å². The highest BCUT2D eigenvalue weighted by molar-refractivity contribution is 5.82. The SMILES string of the molecule is CCN(CCNC(=NC)N1CC(C)(C)C1(C)C)C1CC1. The fraction of sp³-hybridized carbons (Fsp3) is 0.938. The van der Waals surface area contributed by atoms with Gasteiger partial charge in [-0.25, -0.2) is 0 Å². The number of rotatable bonds is 5. The smallest absolute Gasteiger partial charge is 0.194 e. The van der Waals surface area contributed by atoms with Crippen LogP contribution < -0.4 is 5.32 Å². The lowest BCUT2D eigenvalue weighted by atomic mass is 9.65. The lowest BCUT2D eigenvalue weighted by molar-refractivity contribution is -0.0667. The van der Waals surface area contributed by atoms with E-state index in [-0.39, 0.29) is 5.54 Å². The summed E-state index contributed by atoms with van der Waals surface area (Å²) in [7, 11) is 1.89. The summed E-state index contributed by atoms with van der Waals surface area (Å²) >= 11 is 0. The summed E-state index contributed by atoms with van der Waals surface area (Å²) in [6.45, 7) is 15.9. The Morgan fingerprint density at radius 3 is 2.35 bits per heavy atom. The maximum Gasteiger partial charge on any atom is 0.194 e. The van der Waals surface area contributed by atoms with Crippen molar-refractivity contribution < 1.29 is 0 Å². The van der Waals surface area contributed by atoms with E-state index in [0.717, 1.165) is 38.2 Å². The number of nitrogens with one attached hydrogen (secondary N) is 1. The van der Waals surface area contributed by atoms with E-state index in [1.165, 1.54) is 12.8 Å². The van der Waals surface area contributed by atoms with E-state index in [0.29, 0.717) is 5.41 Å². The van der Waals surface area contributed by atoms with Gasteiger partial charge in [0.05, 0.1) is 0 Å². The van der Waals surface area contributed by atoms with Crippen molar-refractivity contribution >= 4 is 5.96 Å². The molecule has 1 N–H and O–H groups in total. The molecular weight excluding hydrogens is 248 g/mol. The van der Waals surface area contributed by atoms with Gasteiger partial charge in [-0.1, -0.05) is 20.8 Å². The maximum atomic E-state index is 4.47. The molecule has 4 nitrogen and oxygen atoms in total. The van der Waals surface area contributed by atoms with Crippen LogP contribution in [0.3, 0.4) is 0 Å². The second-order valence-electron chi connectivity index (χ2n) is 7.36. The quantitative estimate of drug-likeness (QED) is 0.618. The molecule has 0 aromatic carbocycles. The molecule has 1 aliphatic carbocycles. The normalized spacial score (nSPS) is 24.8. The largest absolute Gasteiger partial charge is 0.355 e. The summed E-state index contributed by atoms with van der Waals surface area (Å²) in [4.78, 5) is 9.45. The minimum absolute atomic E-state index is 0.176. The minimum Gasteiger partial charge on any atom is -0.355 e. The predicted molar refractivity (Wildman–Crippen MR) is 86.2 cm³/mol. The van der Waals surface area contributed by atoms with Gasteiger partial charge in [0.25, 0.3) is 0 Å². The van der Waals surface area contributed by atoms with E-state index in [2.05, 4.69) is 54.7 Å². The molecule has 1 aliphatic heterocycles. The van der Waals surface area contributed by atoms with Crippen LogP contribution in [0, 0.1) is 5.41 Å². The number of hydrogen-bond donors (Lipinski definition) is 1. The van der Waals surface area contributed by atoms with Gasteiger partial charge in [0.15, 0.2) is 5.96 Å². The molecule has 2 fully saturated rings. The van der Waals surface area contributed by atoms with E-state index >= 15 is 0 Å². The molecule has 1 saturated carbocycles. The van der Waals surface area contributed by atoms with Gasteiger partial charge in [-0.05, 0) is 33.2 Å². The van der Waals surface area contributed by atoms with Crippen molar-refractivity contribution in [2.24, 2.45) is 10.4 Å². The molecule has 4 heteroatoms. The third-order valence-electron chi connectivity index (χ3n) is 5.50. The van der Waals surface area contributed by atoms with Gasteiger partial charge in [-0.2, -0.15) is 0 Å². The van der Waals surface area contributed by atoms with Crippen LogP contribution in [0.25, 0.3) is 0 Å². The Bertz CT molecular complexity index is 369. The predicted octanol–water partition coefficient (Wildman–Crippen LogP) is 2.17. The second-order valence-corrected chi connectivity index (χ2v) is 7.36.